The minimum Gasteiger partial charge on any atom is -0.394 e. The molecule has 2 amide bonds. The van der Waals surface area contributed by atoms with Crippen LogP contribution in [-0.2, 0) is 19.0 Å². The quantitative estimate of drug-likeness (QED) is 0.406. The van der Waals surface area contributed by atoms with Gasteiger partial charge in [0.15, 0.2) is 6.29 Å². The van der Waals surface area contributed by atoms with Crippen molar-refractivity contribution in [3.05, 3.63) is 71.8 Å². The van der Waals surface area contributed by atoms with Crippen molar-refractivity contribution in [3.63, 3.8) is 0 Å². The normalized spacial score (nSPS) is 25.7. The molecule has 1 saturated heterocycles. The highest BCUT2D eigenvalue weighted by molar-refractivity contribution is 7.86. The highest BCUT2D eigenvalue weighted by Crippen LogP contribution is 2.25. The maximum Gasteiger partial charge on any atom is 0.264 e. The molecular formula is C21H24N2O8S. The highest BCUT2D eigenvalue weighted by Gasteiger charge is 2.48. The summed E-state index contributed by atoms with van der Waals surface area (Å²) in [7, 11) is -4.06. The highest BCUT2D eigenvalue weighted by atomic mass is 32.2. The third-order valence-electron chi connectivity index (χ3n) is 4.86. The molecule has 5 atom stereocenters. The van der Waals surface area contributed by atoms with Gasteiger partial charge in [-0.15, -0.1) is 0 Å². The van der Waals surface area contributed by atoms with Crippen molar-refractivity contribution >= 4 is 21.9 Å². The van der Waals surface area contributed by atoms with Gasteiger partial charge in [-0.1, -0.05) is 36.4 Å². The zero-order valence-electron chi connectivity index (χ0n) is 17.1. The summed E-state index contributed by atoms with van der Waals surface area (Å²) in [6, 6.07) is 13.6. The first-order valence-electron chi connectivity index (χ1n) is 9.74. The molecule has 11 heteroatoms. The molecule has 32 heavy (non-hydrogen) atoms. The van der Waals surface area contributed by atoms with Crippen LogP contribution in [0.5, 0.6) is 0 Å². The first kappa shape index (κ1) is 23.8. The van der Waals surface area contributed by atoms with E-state index in [4.69, 9.17) is 8.92 Å². The number of hydrogen-bond donors (Lipinski definition) is 4. The maximum atomic E-state index is 12.8. The Morgan fingerprint density at radius 2 is 1.41 bits per heavy atom. The van der Waals surface area contributed by atoms with Crippen LogP contribution >= 0.6 is 0 Å². The van der Waals surface area contributed by atoms with Gasteiger partial charge in [-0.2, -0.15) is 8.42 Å². The SMILES string of the molecule is CS(=O)(=O)O[C@H]1[C@H](NC(=O)c2ccccc2)[C@@H](NC(=O)c2ccccc2)[C@H](O)O[C@@H]1CO. The van der Waals surface area contributed by atoms with Gasteiger partial charge in [-0.05, 0) is 24.3 Å². The van der Waals surface area contributed by atoms with Crippen molar-refractivity contribution in [2.24, 2.45) is 0 Å². The van der Waals surface area contributed by atoms with E-state index in [0.717, 1.165) is 6.26 Å². The number of aliphatic hydroxyl groups excluding tert-OH is 2. The lowest BCUT2D eigenvalue weighted by Gasteiger charge is -2.44. The van der Waals surface area contributed by atoms with Crippen LogP contribution in [0.15, 0.2) is 60.7 Å². The fourth-order valence-electron chi connectivity index (χ4n) is 3.41. The van der Waals surface area contributed by atoms with Gasteiger partial charge in [0.2, 0.25) is 0 Å². The molecule has 0 unspecified atom stereocenters. The van der Waals surface area contributed by atoms with Gasteiger partial charge in [0.25, 0.3) is 21.9 Å². The molecule has 0 bridgehead atoms. The van der Waals surface area contributed by atoms with Crippen molar-refractivity contribution in [1.82, 2.24) is 10.6 Å². The van der Waals surface area contributed by atoms with Crippen LogP contribution in [0.3, 0.4) is 0 Å². The monoisotopic (exact) mass is 464 g/mol. The Hall–Kier alpha value is -2.83. The minimum atomic E-state index is -4.06. The van der Waals surface area contributed by atoms with E-state index in [-0.39, 0.29) is 11.1 Å². The molecular weight excluding hydrogens is 440 g/mol. The molecule has 0 aromatic heterocycles. The average molecular weight is 464 g/mol. The topological polar surface area (TPSA) is 151 Å². The van der Waals surface area contributed by atoms with Crippen LogP contribution in [0.25, 0.3) is 0 Å². The van der Waals surface area contributed by atoms with Crippen molar-refractivity contribution in [2.75, 3.05) is 12.9 Å². The summed E-state index contributed by atoms with van der Waals surface area (Å²) in [6.07, 6.45) is -3.57. The lowest BCUT2D eigenvalue weighted by molar-refractivity contribution is -0.222. The molecule has 3 rings (SSSR count). The Morgan fingerprint density at radius 1 is 0.938 bits per heavy atom. The number of aliphatic hydroxyl groups is 2. The summed E-state index contributed by atoms with van der Waals surface area (Å²) in [5.74, 6) is -1.18. The standard InChI is InChI=1S/C21H24N2O8S/c1-32(28,29)31-18-15(12-24)30-21(27)17(23-20(26)14-10-6-3-7-11-14)16(18)22-19(25)13-8-4-2-5-9-13/h2-11,15-18,21,24,27H,12H2,1H3,(H,22,25)(H,23,26)/t15-,16-,17-,18-,21-/m1/s1. The molecule has 10 nitrogen and oxygen atoms in total. The smallest absolute Gasteiger partial charge is 0.264 e. The predicted molar refractivity (Wildman–Crippen MR) is 113 cm³/mol. The number of carbonyl (C=O) groups excluding carboxylic acids is 2. The second-order valence-electron chi connectivity index (χ2n) is 7.24. The first-order valence-corrected chi connectivity index (χ1v) is 11.6. The lowest BCUT2D eigenvalue weighted by atomic mass is 9.93. The zero-order valence-corrected chi connectivity index (χ0v) is 17.9. The summed E-state index contributed by atoms with van der Waals surface area (Å²) in [4.78, 5) is 25.5. The van der Waals surface area contributed by atoms with E-state index in [1.54, 1.807) is 60.7 Å². The van der Waals surface area contributed by atoms with Crippen LogP contribution in [0, 0.1) is 0 Å². The summed E-state index contributed by atoms with van der Waals surface area (Å²) in [5.41, 5.74) is 0.540. The van der Waals surface area contributed by atoms with Crippen LogP contribution in [-0.4, -0.2) is 73.9 Å². The molecule has 0 radical (unpaired) electrons. The van der Waals surface area contributed by atoms with Gasteiger partial charge >= 0.3 is 0 Å². The van der Waals surface area contributed by atoms with E-state index in [0.29, 0.717) is 0 Å². The first-order chi connectivity index (χ1) is 15.2. The van der Waals surface area contributed by atoms with E-state index in [2.05, 4.69) is 10.6 Å². The van der Waals surface area contributed by atoms with Gasteiger partial charge in [-0.3, -0.25) is 13.8 Å². The average Bonchev–Trinajstić information content (AvgIpc) is 2.77. The third kappa shape index (κ3) is 5.90. The second-order valence-corrected chi connectivity index (χ2v) is 8.84. The maximum absolute atomic E-state index is 12.8. The van der Waals surface area contributed by atoms with Gasteiger partial charge < -0.3 is 25.6 Å². The van der Waals surface area contributed by atoms with Crippen molar-refractivity contribution < 1.29 is 37.1 Å². The van der Waals surface area contributed by atoms with Gasteiger partial charge in [0.1, 0.15) is 18.2 Å². The molecule has 1 heterocycles. The molecule has 0 saturated carbocycles. The number of carbonyl (C=O) groups is 2. The third-order valence-corrected chi connectivity index (χ3v) is 5.43. The molecule has 172 valence electrons. The van der Waals surface area contributed by atoms with Gasteiger partial charge in [-0.25, -0.2) is 0 Å². The van der Waals surface area contributed by atoms with E-state index < -0.39 is 59.1 Å². The largest absolute Gasteiger partial charge is 0.394 e. The molecule has 1 fully saturated rings. The fraction of sp³-hybridized carbons (Fsp3) is 0.333. The Balaban J connectivity index is 1.95. The van der Waals surface area contributed by atoms with Crippen LogP contribution in [0.4, 0.5) is 0 Å². The molecule has 0 spiro atoms. The molecule has 4 N–H and O–H groups in total. The number of rotatable bonds is 7. The number of amides is 2. The Labute approximate surface area is 185 Å². The summed E-state index contributed by atoms with van der Waals surface area (Å²) >= 11 is 0. The second kappa shape index (κ2) is 10.2. The Kier molecular flexibility index (Phi) is 7.59. The molecule has 2 aromatic carbocycles. The number of nitrogens with one attached hydrogen (secondary N) is 2. The van der Waals surface area contributed by atoms with Crippen molar-refractivity contribution in [1.29, 1.82) is 0 Å². The van der Waals surface area contributed by atoms with Gasteiger partial charge in [0, 0.05) is 11.1 Å². The van der Waals surface area contributed by atoms with Crippen LogP contribution < -0.4 is 10.6 Å². The number of hydrogen-bond acceptors (Lipinski definition) is 8. The van der Waals surface area contributed by atoms with Crippen molar-refractivity contribution in [3.8, 4) is 0 Å². The van der Waals surface area contributed by atoms with E-state index in [9.17, 15) is 28.2 Å². The lowest BCUT2D eigenvalue weighted by Crippen LogP contribution is -2.69. The fourth-order valence-corrected chi connectivity index (χ4v) is 4.05. The molecule has 1 aliphatic rings. The van der Waals surface area contributed by atoms with Gasteiger partial charge in [0.05, 0.1) is 18.9 Å². The van der Waals surface area contributed by atoms with Crippen LogP contribution in [0.2, 0.25) is 0 Å². The Morgan fingerprint density at radius 3 is 1.84 bits per heavy atom. The van der Waals surface area contributed by atoms with E-state index in [1.165, 1.54) is 0 Å². The molecule has 0 aliphatic carbocycles. The van der Waals surface area contributed by atoms with Crippen LogP contribution in [0.1, 0.15) is 20.7 Å². The molecule has 2 aromatic rings. The Bertz CT molecular complexity index is 1030. The minimum absolute atomic E-state index is 0.264. The molecule has 1 aliphatic heterocycles. The number of ether oxygens (including phenoxy) is 1. The summed E-state index contributed by atoms with van der Waals surface area (Å²) in [6.45, 7) is -0.700. The number of benzene rings is 2. The zero-order chi connectivity index (χ0) is 23.3. The predicted octanol–water partition coefficient (Wildman–Crippen LogP) is -0.362. The van der Waals surface area contributed by atoms with E-state index in [1.807, 2.05) is 0 Å². The summed E-state index contributed by atoms with van der Waals surface area (Å²) < 4.78 is 34.2. The van der Waals surface area contributed by atoms with E-state index >= 15 is 0 Å². The summed E-state index contributed by atoms with van der Waals surface area (Å²) in [5, 5.41) is 25.4. The van der Waals surface area contributed by atoms with Crippen molar-refractivity contribution in [2.45, 2.75) is 30.6 Å².